The van der Waals surface area contributed by atoms with Crippen molar-refractivity contribution in [2.75, 3.05) is 0 Å². The smallest absolute Gasteiger partial charge is 0.338 e. The number of benzene rings is 1. The number of carboxylic acids is 2. The fourth-order valence-electron chi connectivity index (χ4n) is 2.34. The first-order valence-corrected chi connectivity index (χ1v) is 7.62. The topological polar surface area (TPSA) is 74.6 Å². The van der Waals surface area contributed by atoms with Crippen LogP contribution in [-0.2, 0) is 12.8 Å². The summed E-state index contributed by atoms with van der Waals surface area (Å²) in [7, 11) is 0. The highest BCUT2D eigenvalue weighted by atomic mass is 35.5. The second-order valence-electron chi connectivity index (χ2n) is 5.07. The molecule has 0 aromatic heterocycles. The number of halogens is 1. The summed E-state index contributed by atoms with van der Waals surface area (Å²) in [6.45, 7) is 4.10. The average molecular weight is 313 g/mol. The Kier molecular flexibility index (Phi) is 6.69. The monoisotopic (exact) mass is 312 g/mol. The third-order valence-electron chi connectivity index (χ3n) is 3.48. The summed E-state index contributed by atoms with van der Waals surface area (Å²) in [5.41, 5.74) is 1.13. The molecule has 0 saturated heterocycles. The Balaban J connectivity index is 3.46. The number of carboxylic acid groups (broad SMARTS) is 2. The summed E-state index contributed by atoms with van der Waals surface area (Å²) < 4.78 is 0. The zero-order chi connectivity index (χ0) is 16.0. The van der Waals surface area contributed by atoms with E-state index >= 15 is 0 Å². The minimum absolute atomic E-state index is 0.0851. The maximum Gasteiger partial charge on any atom is 0.338 e. The van der Waals surface area contributed by atoms with Crippen LogP contribution in [0, 0.1) is 0 Å². The van der Waals surface area contributed by atoms with Gasteiger partial charge in [0.2, 0.25) is 0 Å². The van der Waals surface area contributed by atoms with Crippen molar-refractivity contribution < 1.29 is 19.8 Å². The second kappa shape index (κ2) is 8.03. The zero-order valence-electron chi connectivity index (χ0n) is 12.4. The lowest BCUT2D eigenvalue weighted by atomic mass is 9.92. The van der Waals surface area contributed by atoms with E-state index in [0.29, 0.717) is 6.42 Å². The van der Waals surface area contributed by atoms with Crippen molar-refractivity contribution in [3.8, 4) is 0 Å². The molecule has 2 N–H and O–H groups in total. The van der Waals surface area contributed by atoms with E-state index in [1.165, 1.54) is 6.07 Å². The zero-order valence-corrected chi connectivity index (χ0v) is 13.2. The van der Waals surface area contributed by atoms with E-state index in [1.807, 2.05) is 6.92 Å². The van der Waals surface area contributed by atoms with Gasteiger partial charge in [-0.2, -0.15) is 0 Å². The number of aryl methyl sites for hydroxylation is 1. The van der Waals surface area contributed by atoms with E-state index < -0.39 is 11.9 Å². The van der Waals surface area contributed by atoms with Gasteiger partial charge in [0.1, 0.15) is 0 Å². The first-order valence-electron chi connectivity index (χ1n) is 7.24. The molecular formula is C16H21ClO4. The maximum atomic E-state index is 11.4. The third-order valence-corrected chi connectivity index (χ3v) is 3.90. The molecule has 0 aliphatic rings. The van der Waals surface area contributed by atoms with Gasteiger partial charge in [-0.1, -0.05) is 38.3 Å². The normalized spacial score (nSPS) is 10.6. The van der Waals surface area contributed by atoms with Crippen molar-refractivity contribution >= 4 is 23.5 Å². The Morgan fingerprint density at radius 1 is 1.05 bits per heavy atom. The first-order chi connectivity index (χ1) is 9.93. The predicted molar refractivity (Wildman–Crippen MR) is 82.6 cm³/mol. The Morgan fingerprint density at radius 2 is 1.62 bits per heavy atom. The molecule has 0 atom stereocenters. The van der Waals surface area contributed by atoms with Crippen LogP contribution in [0.2, 0.25) is 5.02 Å². The molecule has 21 heavy (non-hydrogen) atoms. The van der Waals surface area contributed by atoms with Gasteiger partial charge in [-0.25, -0.2) is 9.59 Å². The Labute approximate surface area is 129 Å². The van der Waals surface area contributed by atoms with Gasteiger partial charge in [0.05, 0.1) is 16.1 Å². The van der Waals surface area contributed by atoms with E-state index in [1.54, 1.807) is 0 Å². The highest BCUT2D eigenvalue weighted by molar-refractivity contribution is 6.35. The van der Waals surface area contributed by atoms with Crippen LogP contribution < -0.4 is 0 Å². The van der Waals surface area contributed by atoms with Gasteiger partial charge < -0.3 is 10.2 Å². The molecule has 116 valence electrons. The van der Waals surface area contributed by atoms with Crippen molar-refractivity contribution in [1.82, 2.24) is 0 Å². The van der Waals surface area contributed by atoms with Crippen LogP contribution >= 0.6 is 11.6 Å². The minimum atomic E-state index is -1.29. The molecule has 0 fully saturated rings. The number of unbranched alkanes of at least 4 members (excludes halogenated alkanes) is 2. The molecule has 0 aliphatic heterocycles. The largest absolute Gasteiger partial charge is 0.478 e. The summed E-state index contributed by atoms with van der Waals surface area (Å²) >= 11 is 6.23. The lowest BCUT2D eigenvalue weighted by molar-refractivity contribution is 0.0651. The van der Waals surface area contributed by atoms with Crippen molar-refractivity contribution in [2.45, 2.75) is 52.4 Å². The summed E-state index contributed by atoms with van der Waals surface area (Å²) in [6.07, 6.45) is 5.15. The van der Waals surface area contributed by atoms with Gasteiger partial charge in [-0.15, -0.1) is 0 Å². The molecule has 5 heteroatoms. The summed E-state index contributed by atoms with van der Waals surface area (Å²) in [4.78, 5) is 22.7. The molecule has 0 radical (unpaired) electrons. The Morgan fingerprint density at radius 3 is 2.10 bits per heavy atom. The number of aromatic carboxylic acids is 2. The van der Waals surface area contributed by atoms with Gasteiger partial charge in [-0.3, -0.25) is 0 Å². The predicted octanol–water partition coefficient (Wildman–Crippen LogP) is 4.42. The lowest BCUT2D eigenvalue weighted by Crippen LogP contribution is -2.13. The minimum Gasteiger partial charge on any atom is -0.478 e. The number of hydrogen-bond acceptors (Lipinski definition) is 2. The van der Waals surface area contributed by atoms with Gasteiger partial charge in [0.15, 0.2) is 0 Å². The molecule has 1 aromatic rings. The fraction of sp³-hybridized carbons (Fsp3) is 0.500. The SMILES string of the molecule is CCCCc1cc(C(=O)O)c(C(=O)O)c(Cl)c1CCCC. The molecule has 0 unspecified atom stereocenters. The molecule has 1 rings (SSSR count). The van der Waals surface area contributed by atoms with E-state index in [-0.39, 0.29) is 16.1 Å². The summed E-state index contributed by atoms with van der Waals surface area (Å²) in [5.74, 6) is -2.55. The standard InChI is InChI=1S/C16H21ClO4/c1-3-5-7-10-9-12(15(18)19)13(16(20)21)14(17)11(10)8-6-4-2/h9H,3-8H2,1-2H3,(H,18,19)(H,20,21). The van der Waals surface area contributed by atoms with Crippen LogP contribution in [0.4, 0.5) is 0 Å². The van der Waals surface area contributed by atoms with Crippen LogP contribution in [0.1, 0.15) is 71.4 Å². The molecule has 0 saturated carbocycles. The van der Waals surface area contributed by atoms with Crippen LogP contribution in [0.15, 0.2) is 6.07 Å². The van der Waals surface area contributed by atoms with Gasteiger partial charge in [0, 0.05) is 0 Å². The molecule has 4 nitrogen and oxygen atoms in total. The highest BCUT2D eigenvalue weighted by Gasteiger charge is 2.24. The van der Waals surface area contributed by atoms with Gasteiger partial charge >= 0.3 is 11.9 Å². The molecule has 0 spiro atoms. The van der Waals surface area contributed by atoms with Crippen LogP contribution in [0.3, 0.4) is 0 Å². The molecule has 0 amide bonds. The lowest BCUT2D eigenvalue weighted by Gasteiger charge is -2.15. The molecular weight excluding hydrogens is 292 g/mol. The summed E-state index contributed by atoms with van der Waals surface area (Å²) in [5, 5.41) is 18.6. The molecule has 1 aromatic carbocycles. The van der Waals surface area contributed by atoms with E-state index in [2.05, 4.69) is 6.92 Å². The van der Waals surface area contributed by atoms with Gasteiger partial charge in [0.25, 0.3) is 0 Å². The highest BCUT2D eigenvalue weighted by Crippen LogP contribution is 2.31. The molecule has 0 heterocycles. The molecule has 0 aliphatic carbocycles. The Hall–Kier alpha value is -1.55. The van der Waals surface area contributed by atoms with Crippen LogP contribution in [-0.4, -0.2) is 22.2 Å². The first kappa shape index (κ1) is 17.5. The number of carbonyl (C=O) groups is 2. The quantitative estimate of drug-likeness (QED) is 0.745. The van der Waals surface area contributed by atoms with E-state index in [0.717, 1.165) is 43.2 Å². The van der Waals surface area contributed by atoms with E-state index in [4.69, 9.17) is 11.6 Å². The van der Waals surface area contributed by atoms with Crippen LogP contribution in [0.5, 0.6) is 0 Å². The molecule has 0 bridgehead atoms. The van der Waals surface area contributed by atoms with Crippen LogP contribution in [0.25, 0.3) is 0 Å². The maximum absolute atomic E-state index is 11.4. The fourth-order valence-corrected chi connectivity index (χ4v) is 2.73. The second-order valence-corrected chi connectivity index (χ2v) is 5.45. The number of rotatable bonds is 8. The number of hydrogen-bond donors (Lipinski definition) is 2. The van der Waals surface area contributed by atoms with Gasteiger partial charge in [-0.05, 0) is 42.9 Å². The third kappa shape index (κ3) is 4.21. The summed E-state index contributed by atoms with van der Waals surface area (Å²) in [6, 6.07) is 1.48. The van der Waals surface area contributed by atoms with Crippen molar-refractivity contribution in [2.24, 2.45) is 0 Å². The van der Waals surface area contributed by atoms with Crippen molar-refractivity contribution in [3.05, 3.63) is 33.3 Å². The Bertz CT molecular complexity index is 538. The van der Waals surface area contributed by atoms with Crippen molar-refractivity contribution in [3.63, 3.8) is 0 Å². The van der Waals surface area contributed by atoms with E-state index in [9.17, 15) is 19.8 Å². The average Bonchev–Trinajstić information content (AvgIpc) is 2.42. The van der Waals surface area contributed by atoms with Crippen molar-refractivity contribution in [1.29, 1.82) is 0 Å².